The Bertz CT molecular complexity index is 1130. The molecule has 158 valence electrons. The third-order valence-electron chi connectivity index (χ3n) is 5.02. The highest BCUT2D eigenvalue weighted by molar-refractivity contribution is 6.33. The highest BCUT2D eigenvalue weighted by Crippen LogP contribution is 2.45. The van der Waals surface area contributed by atoms with Crippen molar-refractivity contribution in [3.63, 3.8) is 0 Å². The average molecular weight is 438 g/mol. The number of methoxy groups -OCH3 is 2. The lowest BCUT2D eigenvalue weighted by atomic mass is 9.80. The van der Waals surface area contributed by atoms with E-state index in [0.717, 1.165) is 0 Å². The van der Waals surface area contributed by atoms with Crippen LogP contribution in [0, 0.1) is 18.3 Å². The molecular formula is C23H20ClN3O4. The normalized spacial score (nSPS) is 16.1. The summed E-state index contributed by atoms with van der Waals surface area (Å²) < 4.78 is 10.00. The predicted molar refractivity (Wildman–Crippen MR) is 116 cm³/mol. The van der Waals surface area contributed by atoms with E-state index in [4.69, 9.17) is 26.8 Å². The van der Waals surface area contributed by atoms with Crippen LogP contribution in [-0.2, 0) is 19.1 Å². The van der Waals surface area contributed by atoms with Crippen molar-refractivity contribution in [3.05, 3.63) is 87.3 Å². The van der Waals surface area contributed by atoms with Crippen molar-refractivity contribution in [1.29, 1.82) is 5.26 Å². The molecule has 8 heteroatoms. The number of rotatable bonds is 4. The fraction of sp³-hybridized carbons (Fsp3) is 0.174. The Morgan fingerprint density at radius 3 is 2.26 bits per heavy atom. The lowest BCUT2D eigenvalue weighted by Crippen LogP contribution is -2.41. The maximum atomic E-state index is 13.0. The molecule has 7 nitrogen and oxygen atoms in total. The lowest BCUT2D eigenvalue weighted by Gasteiger charge is -2.36. The largest absolute Gasteiger partial charge is 0.466 e. The quantitative estimate of drug-likeness (QED) is 0.729. The van der Waals surface area contributed by atoms with Crippen LogP contribution in [0.25, 0.3) is 0 Å². The zero-order valence-electron chi connectivity index (χ0n) is 17.2. The van der Waals surface area contributed by atoms with E-state index in [1.807, 2.05) is 0 Å². The number of benzene rings is 2. The van der Waals surface area contributed by atoms with Crippen LogP contribution in [0.4, 0.5) is 5.69 Å². The van der Waals surface area contributed by atoms with Gasteiger partial charge in [-0.1, -0.05) is 54.1 Å². The standard InChI is InChI=1S/C23H20ClN3O4/c1-13-8-7-11-16(24)19(13)27-20(23(29)31-3)18(22(28)30-2)17(15(12-25)21(27)26)14-9-5-4-6-10-14/h4-11,17H,26H2,1-3H3. The summed E-state index contributed by atoms with van der Waals surface area (Å²) in [5.74, 6) is -2.56. The van der Waals surface area contributed by atoms with Gasteiger partial charge >= 0.3 is 11.9 Å². The van der Waals surface area contributed by atoms with Gasteiger partial charge in [-0.15, -0.1) is 0 Å². The molecule has 31 heavy (non-hydrogen) atoms. The summed E-state index contributed by atoms with van der Waals surface area (Å²) in [6.07, 6.45) is 0. The first kappa shape index (κ1) is 21.9. The van der Waals surface area contributed by atoms with Crippen molar-refractivity contribution >= 4 is 29.2 Å². The molecule has 1 aliphatic rings. The number of anilines is 1. The number of halogens is 1. The van der Waals surface area contributed by atoms with Gasteiger partial charge < -0.3 is 15.2 Å². The van der Waals surface area contributed by atoms with Crippen LogP contribution in [-0.4, -0.2) is 26.2 Å². The summed E-state index contributed by atoms with van der Waals surface area (Å²) >= 11 is 6.45. The fourth-order valence-corrected chi connectivity index (χ4v) is 3.96. The second-order valence-corrected chi connectivity index (χ2v) is 7.15. The highest BCUT2D eigenvalue weighted by Gasteiger charge is 2.43. The van der Waals surface area contributed by atoms with Gasteiger partial charge in [-0.3, -0.25) is 4.90 Å². The first-order valence-electron chi connectivity index (χ1n) is 9.28. The number of aryl methyl sites for hydroxylation is 1. The van der Waals surface area contributed by atoms with Gasteiger partial charge in [-0.25, -0.2) is 9.59 Å². The van der Waals surface area contributed by atoms with Gasteiger partial charge in [-0.2, -0.15) is 5.26 Å². The molecule has 1 aliphatic heterocycles. The van der Waals surface area contributed by atoms with E-state index < -0.39 is 17.9 Å². The minimum Gasteiger partial charge on any atom is -0.466 e. The second-order valence-electron chi connectivity index (χ2n) is 6.74. The third-order valence-corrected chi connectivity index (χ3v) is 5.33. The van der Waals surface area contributed by atoms with E-state index in [0.29, 0.717) is 16.8 Å². The van der Waals surface area contributed by atoms with E-state index in [2.05, 4.69) is 6.07 Å². The number of esters is 2. The Morgan fingerprint density at radius 1 is 1.06 bits per heavy atom. The van der Waals surface area contributed by atoms with Crippen molar-refractivity contribution in [1.82, 2.24) is 0 Å². The SMILES string of the molecule is COC(=O)C1=C(C(=O)OC)N(c2c(C)cccc2Cl)C(N)=C(C#N)C1c1ccccc1. The number of para-hydroxylation sites is 1. The number of hydrogen-bond donors (Lipinski definition) is 1. The van der Waals surface area contributed by atoms with E-state index in [1.165, 1.54) is 19.1 Å². The Labute approximate surface area is 184 Å². The number of ether oxygens (including phenoxy) is 2. The Kier molecular flexibility index (Phi) is 6.33. The molecule has 0 fully saturated rings. The van der Waals surface area contributed by atoms with Gasteiger partial charge in [0.2, 0.25) is 0 Å². The molecule has 0 aromatic heterocycles. The first-order valence-corrected chi connectivity index (χ1v) is 9.65. The molecule has 1 unspecified atom stereocenters. The Hall–Kier alpha value is -3.76. The minimum atomic E-state index is -0.924. The smallest absolute Gasteiger partial charge is 0.355 e. The molecule has 0 saturated carbocycles. The summed E-state index contributed by atoms with van der Waals surface area (Å²) in [7, 11) is 2.39. The predicted octanol–water partition coefficient (Wildman–Crippen LogP) is 3.55. The summed E-state index contributed by atoms with van der Waals surface area (Å²) in [5.41, 5.74) is 7.95. The number of nitrogens with two attached hydrogens (primary N) is 1. The van der Waals surface area contributed by atoms with Crippen LogP contribution in [0.15, 0.2) is 71.2 Å². The maximum absolute atomic E-state index is 13.0. The molecule has 0 saturated heterocycles. The molecule has 0 spiro atoms. The number of nitriles is 1. The van der Waals surface area contributed by atoms with Gasteiger partial charge in [0.05, 0.1) is 48.1 Å². The van der Waals surface area contributed by atoms with Crippen LogP contribution in [0.2, 0.25) is 5.02 Å². The number of nitrogens with zero attached hydrogens (tertiary/aromatic N) is 2. The van der Waals surface area contributed by atoms with E-state index in [1.54, 1.807) is 55.5 Å². The van der Waals surface area contributed by atoms with Crippen molar-refractivity contribution < 1.29 is 19.1 Å². The van der Waals surface area contributed by atoms with Gasteiger partial charge in [0.25, 0.3) is 0 Å². The monoisotopic (exact) mass is 437 g/mol. The van der Waals surface area contributed by atoms with Crippen LogP contribution >= 0.6 is 11.6 Å². The summed E-state index contributed by atoms with van der Waals surface area (Å²) in [6, 6.07) is 16.0. The Morgan fingerprint density at radius 2 is 1.71 bits per heavy atom. The molecular weight excluding hydrogens is 418 g/mol. The summed E-state index contributed by atoms with van der Waals surface area (Å²) in [6.45, 7) is 1.77. The molecule has 2 aromatic carbocycles. The van der Waals surface area contributed by atoms with Gasteiger partial charge in [0.15, 0.2) is 0 Å². The molecule has 0 bridgehead atoms. The first-order chi connectivity index (χ1) is 14.9. The number of allylic oxidation sites excluding steroid dienone is 1. The van der Waals surface area contributed by atoms with Crippen molar-refractivity contribution in [2.75, 3.05) is 19.1 Å². The van der Waals surface area contributed by atoms with E-state index in [-0.39, 0.29) is 27.7 Å². The maximum Gasteiger partial charge on any atom is 0.355 e. The fourth-order valence-electron chi connectivity index (χ4n) is 3.65. The number of carbonyl (C=O) groups excluding carboxylic acids is 2. The van der Waals surface area contributed by atoms with Crippen LogP contribution in [0.3, 0.4) is 0 Å². The van der Waals surface area contributed by atoms with Crippen molar-refractivity contribution in [2.24, 2.45) is 5.73 Å². The molecule has 3 rings (SSSR count). The van der Waals surface area contributed by atoms with Crippen LogP contribution in [0.1, 0.15) is 17.0 Å². The van der Waals surface area contributed by atoms with Crippen molar-refractivity contribution in [2.45, 2.75) is 12.8 Å². The van der Waals surface area contributed by atoms with E-state index >= 15 is 0 Å². The third kappa shape index (κ3) is 3.74. The summed E-state index contributed by atoms with van der Waals surface area (Å²) in [4.78, 5) is 27.3. The van der Waals surface area contributed by atoms with Gasteiger partial charge in [0, 0.05) is 0 Å². The second kappa shape index (κ2) is 8.94. The van der Waals surface area contributed by atoms with Crippen molar-refractivity contribution in [3.8, 4) is 6.07 Å². The van der Waals surface area contributed by atoms with Crippen LogP contribution < -0.4 is 10.6 Å². The molecule has 2 N–H and O–H groups in total. The van der Waals surface area contributed by atoms with Gasteiger partial charge in [0.1, 0.15) is 11.5 Å². The van der Waals surface area contributed by atoms with E-state index in [9.17, 15) is 14.9 Å². The Balaban J connectivity index is 2.47. The molecule has 2 aromatic rings. The minimum absolute atomic E-state index is 0.0272. The number of hydrogen-bond acceptors (Lipinski definition) is 7. The molecule has 0 amide bonds. The topological polar surface area (TPSA) is 106 Å². The van der Waals surface area contributed by atoms with Gasteiger partial charge in [-0.05, 0) is 24.1 Å². The highest BCUT2D eigenvalue weighted by atomic mass is 35.5. The molecule has 0 aliphatic carbocycles. The molecule has 1 atom stereocenters. The number of carbonyl (C=O) groups is 2. The molecule has 1 heterocycles. The summed E-state index contributed by atoms with van der Waals surface area (Å²) in [5, 5.41) is 10.3. The average Bonchev–Trinajstić information content (AvgIpc) is 2.78. The molecule has 0 radical (unpaired) electrons. The van der Waals surface area contributed by atoms with Crippen LogP contribution in [0.5, 0.6) is 0 Å². The zero-order valence-corrected chi connectivity index (χ0v) is 17.9. The lowest BCUT2D eigenvalue weighted by molar-refractivity contribution is -0.139. The zero-order chi connectivity index (χ0) is 22.7.